The van der Waals surface area contributed by atoms with E-state index in [0.717, 1.165) is 23.5 Å². The summed E-state index contributed by atoms with van der Waals surface area (Å²) in [6, 6.07) is 0.216. The second-order valence-electron chi connectivity index (χ2n) is 4.53. The standard InChI is InChI=1S/C13H16N2O3S/c1-9-14-10(8-19-9)2-5-12(16)15(11-3-4-11)7-6-13(17)18/h2,5,8,11H,3-4,6-7H2,1H3,(H,17,18)/b5-2+. The van der Waals surface area contributed by atoms with E-state index in [1.807, 2.05) is 12.3 Å². The molecule has 2 rings (SSSR count). The van der Waals surface area contributed by atoms with Crippen molar-refractivity contribution in [1.82, 2.24) is 9.88 Å². The Morgan fingerprint density at radius 1 is 1.58 bits per heavy atom. The number of hydrogen-bond acceptors (Lipinski definition) is 4. The predicted octanol–water partition coefficient (Wildman–Crippen LogP) is 1.93. The quantitative estimate of drug-likeness (QED) is 0.808. The van der Waals surface area contributed by atoms with Crippen molar-refractivity contribution in [2.24, 2.45) is 0 Å². The van der Waals surface area contributed by atoms with Crippen molar-refractivity contribution in [3.05, 3.63) is 22.2 Å². The highest BCUT2D eigenvalue weighted by Gasteiger charge is 2.31. The largest absolute Gasteiger partial charge is 0.481 e. The van der Waals surface area contributed by atoms with Crippen LogP contribution in [-0.2, 0) is 9.59 Å². The van der Waals surface area contributed by atoms with E-state index in [4.69, 9.17) is 5.11 Å². The molecular formula is C13H16N2O3S. The zero-order chi connectivity index (χ0) is 13.8. The predicted molar refractivity (Wildman–Crippen MR) is 72.9 cm³/mol. The normalized spacial score (nSPS) is 14.8. The number of aliphatic carboxylic acids is 1. The minimum absolute atomic E-state index is 0.00805. The van der Waals surface area contributed by atoms with Crippen molar-refractivity contribution in [2.45, 2.75) is 32.2 Å². The van der Waals surface area contributed by atoms with Crippen molar-refractivity contribution in [3.63, 3.8) is 0 Å². The summed E-state index contributed by atoms with van der Waals surface area (Å²) in [5.41, 5.74) is 0.768. The Bertz CT molecular complexity index is 506. The zero-order valence-corrected chi connectivity index (χ0v) is 11.5. The van der Waals surface area contributed by atoms with Crippen LogP contribution >= 0.6 is 11.3 Å². The molecule has 1 N–H and O–H groups in total. The Morgan fingerprint density at radius 3 is 2.84 bits per heavy atom. The summed E-state index contributed by atoms with van der Waals surface area (Å²) in [6.07, 6.45) is 5.09. The fourth-order valence-corrected chi connectivity index (χ4v) is 2.36. The summed E-state index contributed by atoms with van der Waals surface area (Å²) in [4.78, 5) is 28.5. The number of aryl methyl sites for hydroxylation is 1. The van der Waals surface area contributed by atoms with E-state index in [9.17, 15) is 9.59 Å². The van der Waals surface area contributed by atoms with Crippen molar-refractivity contribution in [2.75, 3.05) is 6.54 Å². The number of carboxylic acids is 1. The molecule has 1 aromatic rings. The van der Waals surface area contributed by atoms with Gasteiger partial charge in [0.2, 0.25) is 5.91 Å². The third-order valence-electron chi connectivity index (χ3n) is 2.87. The van der Waals surface area contributed by atoms with Crippen LogP contribution in [-0.4, -0.2) is 39.5 Å². The molecule has 0 bridgehead atoms. The summed E-state index contributed by atoms with van der Waals surface area (Å²) >= 11 is 1.53. The van der Waals surface area contributed by atoms with Gasteiger partial charge in [0.1, 0.15) is 0 Å². The molecule has 0 atom stereocenters. The van der Waals surface area contributed by atoms with Crippen LogP contribution in [0.25, 0.3) is 6.08 Å². The van der Waals surface area contributed by atoms with Gasteiger partial charge in [0.25, 0.3) is 0 Å². The summed E-state index contributed by atoms with van der Waals surface area (Å²) in [5, 5.41) is 11.5. The van der Waals surface area contributed by atoms with E-state index in [-0.39, 0.29) is 24.9 Å². The molecule has 1 amide bonds. The molecule has 0 aromatic carbocycles. The topological polar surface area (TPSA) is 70.5 Å². The van der Waals surface area contributed by atoms with Gasteiger partial charge in [-0.05, 0) is 25.8 Å². The number of nitrogens with zero attached hydrogens (tertiary/aromatic N) is 2. The van der Waals surface area contributed by atoms with Crippen LogP contribution in [0, 0.1) is 6.92 Å². The number of aromatic nitrogens is 1. The van der Waals surface area contributed by atoms with Gasteiger partial charge in [0, 0.05) is 24.0 Å². The molecule has 0 aliphatic heterocycles. The summed E-state index contributed by atoms with van der Waals surface area (Å²) in [5.74, 6) is -1.01. The van der Waals surface area contributed by atoms with Gasteiger partial charge in [-0.3, -0.25) is 9.59 Å². The van der Waals surface area contributed by atoms with Crippen LogP contribution in [0.4, 0.5) is 0 Å². The van der Waals surface area contributed by atoms with Gasteiger partial charge in [-0.1, -0.05) is 0 Å². The number of rotatable bonds is 6. The van der Waals surface area contributed by atoms with E-state index in [0.29, 0.717) is 0 Å². The van der Waals surface area contributed by atoms with Gasteiger partial charge < -0.3 is 10.0 Å². The average Bonchev–Trinajstić information content (AvgIpc) is 3.09. The number of amides is 1. The maximum absolute atomic E-state index is 12.0. The fraction of sp³-hybridized carbons (Fsp3) is 0.462. The molecule has 5 nitrogen and oxygen atoms in total. The first-order valence-corrected chi connectivity index (χ1v) is 7.07. The van der Waals surface area contributed by atoms with E-state index in [1.165, 1.54) is 17.4 Å². The van der Waals surface area contributed by atoms with Crippen molar-refractivity contribution in [3.8, 4) is 0 Å². The number of hydrogen-bond donors (Lipinski definition) is 1. The summed E-state index contributed by atoms with van der Waals surface area (Å²) < 4.78 is 0. The van der Waals surface area contributed by atoms with Crippen LogP contribution < -0.4 is 0 Å². The van der Waals surface area contributed by atoms with Gasteiger partial charge >= 0.3 is 5.97 Å². The Labute approximate surface area is 115 Å². The molecule has 1 aliphatic rings. The van der Waals surface area contributed by atoms with Crippen LogP contribution in [0.5, 0.6) is 0 Å². The number of carbonyl (C=O) groups is 2. The van der Waals surface area contributed by atoms with Crippen molar-refractivity contribution in [1.29, 1.82) is 0 Å². The highest BCUT2D eigenvalue weighted by atomic mass is 32.1. The highest BCUT2D eigenvalue weighted by molar-refractivity contribution is 7.09. The molecule has 0 spiro atoms. The van der Waals surface area contributed by atoms with E-state index in [1.54, 1.807) is 11.0 Å². The number of thiazole rings is 1. The highest BCUT2D eigenvalue weighted by Crippen LogP contribution is 2.27. The van der Waals surface area contributed by atoms with Gasteiger partial charge in [0.15, 0.2) is 0 Å². The first-order valence-electron chi connectivity index (χ1n) is 6.19. The van der Waals surface area contributed by atoms with Crippen LogP contribution in [0.1, 0.15) is 30.0 Å². The second-order valence-corrected chi connectivity index (χ2v) is 5.59. The lowest BCUT2D eigenvalue weighted by atomic mass is 10.3. The Balaban J connectivity index is 1.95. The third kappa shape index (κ3) is 4.17. The molecule has 102 valence electrons. The molecule has 0 unspecified atom stereocenters. The number of carboxylic acid groups (broad SMARTS) is 1. The van der Waals surface area contributed by atoms with Crippen LogP contribution in [0.3, 0.4) is 0 Å². The summed E-state index contributed by atoms with van der Waals surface area (Å²) in [6.45, 7) is 2.19. The maximum Gasteiger partial charge on any atom is 0.305 e. The zero-order valence-electron chi connectivity index (χ0n) is 10.7. The minimum Gasteiger partial charge on any atom is -0.481 e. The second kappa shape index (κ2) is 5.97. The van der Waals surface area contributed by atoms with Gasteiger partial charge in [-0.25, -0.2) is 4.98 Å². The lowest BCUT2D eigenvalue weighted by Gasteiger charge is -2.19. The van der Waals surface area contributed by atoms with Gasteiger partial charge in [0.05, 0.1) is 17.1 Å². The minimum atomic E-state index is -0.877. The molecule has 1 heterocycles. The molecule has 1 aliphatic carbocycles. The van der Waals surface area contributed by atoms with Crippen LogP contribution in [0.2, 0.25) is 0 Å². The fourth-order valence-electron chi connectivity index (χ4n) is 1.78. The molecule has 19 heavy (non-hydrogen) atoms. The molecule has 1 aromatic heterocycles. The Kier molecular flexibility index (Phi) is 4.31. The Hall–Kier alpha value is -1.69. The molecule has 6 heteroatoms. The SMILES string of the molecule is Cc1nc(/C=C/C(=O)N(CCC(=O)O)C2CC2)cs1. The number of carbonyl (C=O) groups excluding carboxylic acids is 1. The molecular weight excluding hydrogens is 264 g/mol. The van der Waals surface area contributed by atoms with Crippen molar-refractivity contribution >= 4 is 29.3 Å². The van der Waals surface area contributed by atoms with Gasteiger partial charge in [-0.2, -0.15) is 0 Å². The monoisotopic (exact) mass is 280 g/mol. The van der Waals surface area contributed by atoms with E-state index < -0.39 is 5.97 Å². The van der Waals surface area contributed by atoms with Crippen LogP contribution in [0.15, 0.2) is 11.5 Å². The lowest BCUT2D eigenvalue weighted by Crippen LogP contribution is -2.33. The van der Waals surface area contributed by atoms with Gasteiger partial charge in [-0.15, -0.1) is 11.3 Å². The molecule has 1 saturated carbocycles. The van der Waals surface area contributed by atoms with E-state index >= 15 is 0 Å². The smallest absolute Gasteiger partial charge is 0.305 e. The third-order valence-corrected chi connectivity index (χ3v) is 3.66. The Morgan fingerprint density at radius 2 is 2.32 bits per heavy atom. The lowest BCUT2D eigenvalue weighted by molar-refractivity contribution is -0.138. The average molecular weight is 280 g/mol. The first kappa shape index (κ1) is 13.7. The maximum atomic E-state index is 12.0. The van der Waals surface area contributed by atoms with E-state index in [2.05, 4.69) is 4.98 Å². The molecule has 1 fully saturated rings. The van der Waals surface area contributed by atoms with Crippen molar-refractivity contribution < 1.29 is 14.7 Å². The first-order chi connectivity index (χ1) is 9.06. The molecule has 0 saturated heterocycles. The summed E-state index contributed by atoms with van der Waals surface area (Å²) in [7, 11) is 0. The molecule has 0 radical (unpaired) electrons.